The zero-order valence-electron chi connectivity index (χ0n) is 12.1. The van der Waals surface area contributed by atoms with Crippen LogP contribution in [0.4, 0.5) is 4.39 Å². The first-order valence-corrected chi connectivity index (χ1v) is 6.57. The molecule has 0 aliphatic carbocycles. The molecule has 0 radical (unpaired) electrons. The highest BCUT2D eigenvalue weighted by Crippen LogP contribution is 2.16. The number of nitrogens with zero attached hydrogens (tertiary/aromatic N) is 1. The maximum Gasteiger partial charge on any atom is 0.257 e. The van der Waals surface area contributed by atoms with Crippen molar-refractivity contribution in [2.75, 3.05) is 20.3 Å². The normalized spacial score (nSPS) is 12.3. The maximum absolute atomic E-state index is 14.0. The number of hydrogen-bond donors (Lipinski definition) is 0. The van der Waals surface area contributed by atoms with Crippen molar-refractivity contribution >= 4 is 5.91 Å². The molecule has 19 heavy (non-hydrogen) atoms. The minimum absolute atomic E-state index is 0.0579. The molecule has 0 fully saturated rings. The van der Waals surface area contributed by atoms with Crippen LogP contribution in [0.25, 0.3) is 0 Å². The van der Waals surface area contributed by atoms with E-state index in [0.29, 0.717) is 18.7 Å². The average molecular weight is 267 g/mol. The highest BCUT2D eigenvalue weighted by Gasteiger charge is 2.23. The summed E-state index contributed by atoms with van der Waals surface area (Å²) in [6, 6.07) is 4.96. The SMILES string of the molecule is CCC(C)N(CCOC)C(=O)c1cccc(C)c1F. The second-order valence-corrected chi connectivity index (χ2v) is 4.69. The molecule has 1 unspecified atom stereocenters. The monoisotopic (exact) mass is 267 g/mol. The average Bonchev–Trinajstić information content (AvgIpc) is 2.41. The Labute approximate surface area is 114 Å². The summed E-state index contributed by atoms with van der Waals surface area (Å²) in [6.07, 6.45) is 0.822. The fourth-order valence-corrected chi connectivity index (χ4v) is 1.90. The van der Waals surface area contributed by atoms with Gasteiger partial charge < -0.3 is 9.64 Å². The molecule has 1 amide bonds. The van der Waals surface area contributed by atoms with Crippen molar-refractivity contribution in [1.29, 1.82) is 0 Å². The van der Waals surface area contributed by atoms with E-state index in [9.17, 15) is 9.18 Å². The summed E-state index contributed by atoms with van der Waals surface area (Å²) in [4.78, 5) is 14.1. The van der Waals surface area contributed by atoms with Gasteiger partial charge in [0.1, 0.15) is 5.82 Å². The lowest BCUT2D eigenvalue weighted by molar-refractivity contribution is 0.0609. The number of methoxy groups -OCH3 is 1. The molecule has 0 heterocycles. The second-order valence-electron chi connectivity index (χ2n) is 4.69. The van der Waals surface area contributed by atoms with Gasteiger partial charge in [-0.3, -0.25) is 4.79 Å². The Bertz CT molecular complexity index is 434. The summed E-state index contributed by atoms with van der Waals surface area (Å²) in [5.74, 6) is -0.703. The predicted octanol–water partition coefficient (Wildman–Crippen LogP) is 3.02. The first kappa shape index (κ1) is 15.6. The quantitative estimate of drug-likeness (QED) is 0.793. The van der Waals surface area contributed by atoms with Gasteiger partial charge in [-0.05, 0) is 31.9 Å². The van der Waals surface area contributed by atoms with E-state index in [4.69, 9.17) is 4.74 Å². The molecule has 0 saturated heterocycles. The molecule has 3 nitrogen and oxygen atoms in total. The molecule has 1 aromatic rings. The smallest absolute Gasteiger partial charge is 0.257 e. The van der Waals surface area contributed by atoms with Gasteiger partial charge in [0.25, 0.3) is 5.91 Å². The number of amides is 1. The van der Waals surface area contributed by atoms with Crippen LogP contribution in [-0.4, -0.2) is 37.1 Å². The van der Waals surface area contributed by atoms with Crippen LogP contribution in [0.3, 0.4) is 0 Å². The van der Waals surface area contributed by atoms with Crippen molar-refractivity contribution in [3.63, 3.8) is 0 Å². The van der Waals surface area contributed by atoms with E-state index in [1.165, 1.54) is 6.07 Å². The Hall–Kier alpha value is -1.42. The lowest BCUT2D eigenvalue weighted by Crippen LogP contribution is -2.41. The van der Waals surface area contributed by atoms with Crippen LogP contribution in [-0.2, 0) is 4.74 Å². The molecular weight excluding hydrogens is 245 g/mol. The van der Waals surface area contributed by atoms with E-state index in [1.54, 1.807) is 31.1 Å². The second kappa shape index (κ2) is 7.24. The molecule has 4 heteroatoms. The third kappa shape index (κ3) is 3.77. The van der Waals surface area contributed by atoms with Crippen LogP contribution < -0.4 is 0 Å². The molecule has 0 N–H and O–H groups in total. The fourth-order valence-electron chi connectivity index (χ4n) is 1.90. The largest absolute Gasteiger partial charge is 0.383 e. The Balaban J connectivity index is 3.01. The van der Waals surface area contributed by atoms with Crippen molar-refractivity contribution in [3.05, 3.63) is 35.1 Å². The first-order chi connectivity index (χ1) is 9.02. The van der Waals surface area contributed by atoms with Gasteiger partial charge >= 0.3 is 0 Å². The molecule has 0 aliphatic heterocycles. The van der Waals surface area contributed by atoms with Crippen LogP contribution in [0.2, 0.25) is 0 Å². The Kier molecular flexibility index (Phi) is 5.96. The third-order valence-electron chi connectivity index (χ3n) is 3.34. The van der Waals surface area contributed by atoms with Gasteiger partial charge in [-0.1, -0.05) is 19.1 Å². The Morgan fingerprint density at radius 2 is 2.16 bits per heavy atom. The van der Waals surface area contributed by atoms with E-state index in [1.807, 2.05) is 13.8 Å². The lowest BCUT2D eigenvalue weighted by atomic mass is 10.1. The molecule has 1 aromatic carbocycles. The third-order valence-corrected chi connectivity index (χ3v) is 3.34. The van der Waals surface area contributed by atoms with Gasteiger partial charge in [0.2, 0.25) is 0 Å². The summed E-state index contributed by atoms with van der Waals surface area (Å²) >= 11 is 0. The van der Waals surface area contributed by atoms with Crippen molar-refractivity contribution in [3.8, 4) is 0 Å². The van der Waals surface area contributed by atoms with Gasteiger partial charge in [0.15, 0.2) is 0 Å². The molecule has 0 spiro atoms. The number of benzene rings is 1. The van der Waals surface area contributed by atoms with Crippen LogP contribution in [0, 0.1) is 12.7 Å². The molecule has 0 aliphatic rings. The number of aryl methyl sites for hydroxylation is 1. The molecule has 0 bridgehead atoms. The molecule has 106 valence electrons. The van der Waals surface area contributed by atoms with Crippen LogP contribution in [0.5, 0.6) is 0 Å². The van der Waals surface area contributed by atoms with Crippen molar-refractivity contribution < 1.29 is 13.9 Å². The maximum atomic E-state index is 14.0. The van der Waals surface area contributed by atoms with E-state index >= 15 is 0 Å². The number of halogens is 1. The molecular formula is C15H22FNO2. The minimum atomic E-state index is -0.432. The zero-order chi connectivity index (χ0) is 14.4. The van der Waals surface area contributed by atoms with Crippen molar-refractivity contribution in [1.82, 2.24) is 4.90 Å². The lowest BCUT2D eigenvalue weighted by Gasteiger charge is -2.28. The van der Waals surface area contributed by atoms with Gasteiger partial charge in [-0.15, -0.1) is 0 Å². The topological polar surface area (TPSA) is 29.5 Å². The van der Waals surface area contributed by atoms with Crippen LogP contribution in [0.1, 0.15) is 36.2 Å². The van der Waals surface area contributed by atoms with E-state index < -0.39 is 5.82 Å². The molecule has 0 aromatic heterocycles. The number of rotatable bonds is 6. The summed E-state index contributed by atoms with van der Waals surface area (Å²) in [5, 5.41) is 0. The number of carbonyl (C=O) groups is 1. The highest BCUT2D eigenvalue weighted by molar-refractivity contribution is 5.94. The van der Waals surface area contributed by atoms with Crippen LogP contribution >= 0.6 is 0 Å². The van der Waals surface area contributed by atoms with E-state index in [0.717, 1.165) is 6.42 Å². The van der Waals surface area contributed by atoms with Gasteiger partial charge in [0.05, 0.1) is 12.2 Å². The van der Waals surface area contributed by atoms with Gasteiger partial charge in [-0.25, -0.2) is 4.39 Å². The molecule has 1 atom stereocenters. The summed E-state index contributed by atoms with van der Waals surface area (Å²) in [5.41, 5.74) is 0.623. The first-order valence-electron chi connectivity index (χ1n) is 6.57. The van der Waals surface area contributed by atoms with Gasteiger partial charge in [0, 0.05) is 19.7 Å². The number of ether oxygens (including phenoxy) is 1. The van der Waals surface area contributed by atoms with E-state index in [-0.39, 0.29) is 17.5 Å². The zero-order valence-corrected chi connectivity index (χ0v) is 12.1. The molecule has 0 saturated carbocycles. The fraction of sp³-hybridized carbons (Fsp3) is 0.533. The summed E-state index contributed by atoms with van der Waals surface area (Å²) in [6.45, 7) is 6.54. The minimum Gasteiger partial charge on any atom is -0.383 e. The van der Waals surface area contributed by atoms with Crippen molar-refractivity contribution in [2.45, 2.75) is 33.2 Å². The van der Waals surface area contributed by atoms with Gasteiger partial charge in [-0.2, -0.15) is 0 Å². The van der Waals surface area contributed by atoms with E-state index in [2.05, 4.69) is 0 Å². The number of hydrogen-bond acceptors (Lipinski definition) is 2. The number of carbonyl (C=O) groups excluding carboxylic acids is 1. The molecule has 1 rings (SSSR count). The predicted molar refractivity (Wildman–Crippen MR) is 73.8 cm³/mol. The summed E-state index contributed by atoms with van der Waals surface area (Å²) < 4.78 is 19.0. The standard InChI is InChI=1S/C15H22FNO2/c1-5-12(3)17(9-10-19-4)15(18)13-8-6-7-11(2)14(13)16/h6-8,12H,5,9-10H2,1-4H3. The van der Waals surface area contributed by atoms with Crippen molar-refractivity contribution in [2.24, 2.45) is 0 Å². The van der Waals surface area contributed by atoms with Crippen LogP contribution in [0.15, 0.2) is 18.2 Å². The summed E-state index contributed by atoms with van der Waals surface area (Å²) in [7, 11) is 1.59. The Morgan fingerprint density at radius 3 is 2.74 bits per heavy atom. The Morgan fingerprint density at radius 1 is 1.47 bits per heavy atom. The highest BCUT2D eigenvalue weighted by atomic mass is 19.1.